The predicted molar refractivity (Wildman–Crippen MR) is 114 cm³/mol. The molecule has 11 heteroatoms. The molecule has 0 saturated carbocycles. The van der Waals surface area contributed by atoms with Gasteiger partial charge in [0.1, 0.15) is 11.8 Å². The number of nitrogens with zero attached hydrogens (tertiary/aromatic N) is 3. The zero-order chi connectivity index (χ0) is 20.7. The standard InChI is InChI=1S/C17H24N4O4S3/c1-5-11-26-17-20-19-16(27-17)18-15(22)14(6-2)21(28(4,23)24)12-7-9-13(25-3)10-8-12/h7-10,14H,5-6,11H2,1-4H3,(H,18,19,22)/t14-/m0/s1. The number of thioether (sulfide) groups is 1. The van der Waals surface area contributed by atoms with Crippen molar-refractivity contribution in [2.45, 2.75) is 37.1 Å². The van der Waals surface area contributed by atoms with Gasteiger partial charge in [0.15, 0.2) is 4.34 Å². The van der Waals surface area contributed by atoms with E-state index in [1.54, 1.807) is 43.0 Å². The van der Waals surface area contributed by atoms with E-state index in [0.29, 0.717) is 23.0 Å². The van der Waals surface area contributed by atoms with Gasteiger partial charge in [-0.2, -0.15) is 0 Å². The van der Waals surface area contributed by atoms with Crippen LogP contribution in [-0.2, 0) is 14.8 Å². The highest BCUT2D eigenvalue weighted by Gasteiger charge is 2.32. The molecule has 1 atom stereocenters. The number of benzene rings is 1. The molecule has 0 fully saturated rings. The molecule has 154 valence electrons. The van der Waals surface area contributed by atoms with Gasteiger partial charge in [-0.1, -0.05) is 36.9 Å². The van der Waals surface area contributed by atoms with Crippen LogP contribution in [-0.4, -0.2) is 49.7 Å². The molecule has 0 unspecified atom stereocenters. The fourth-order valence-electron chi connectivity index (χ4n) is 2.49. The number of hydrogen-bond acceptors (Lipinski definition) is 8. The first-order chi connectivity index (χ1) is 13.3. The van der Waals surface area contributed by atoms with E-state index in [1.807, 2.05) is 0 Å². The minimum Gasteiger partial charge on any atom is -0.497 e. The number of nitrogens with one attached hydrogen (secondary N) is 1. The predicted octanol–water partition coefficient (Wildman–Crippen LogP) is 3.23. The van der Waals surface area contributed by atoms with Crippen molar-refractivity contribution in [2.24, 2.45) is 0 Å². The molecule has 0 spiro atoms. The van der Waals surface area contributed by atoms with E-state index < -0.39 is 22.0 Å². The Bertz CT molecular complexity index is 884. The number of carbonyl (C=O) groups is 1. The Kier molecular flexibility index (Phi) is 8.08. The Hall–Kier alpha value is -1.85. The van der Waals surface area contributed by atoms with Gasteiger partial charge in [-0.25, -0.2) is 8.42 Å². The highest BCUT2D eigenvalue weighted by Crippen LogP contribution is 2.28. The summed E-state index contributed by atoms with van der Waals surface area (Å²) in [4.78, 5) is 12.8. The number of sulfonamides is 1. The highest BCUT2D eigenvalue weighted by molar-refractivity contribution is 8.01. The zero-order valence-corrected chi connectivity index (χ0v) is 18.7. The molecule has 0 radical (unpaired) electrons. The molecule has 28 heavy (non-hydrogen) atoms. The Morgan fingerprint density at radius 3 is 2.50 bits per heavy atom. The average Bonchev–Trinajstić information content (AvgIpc) is 3.10. The molecule has 1 N–H and O–H groups in total. The minimum absolute atomic E-state index is 0.293. The lowest BCUT2D eigenvalue weighted by Gasteiger charge is -2.29. The van der Waals surface area contributed by atoms with Gasteiger partial charge in [0.25, 0.3) is 0 Å². The van der Waals surface area contributed by atoms with E-state index in [0.717, 1.165) is 27.1 Å². The van der Waals surface area contributed by atoms with Crippen molar-refractivity contribution < 1.29 is 17.9 Å². The molecular weight excluding hydrogens is 420 g/mol. The van der Waals surface area contributed by atoms with Crippen LogP contribution in [0.25, 0.3) is 0 Å². The number of anilines is 2. The molecule has 0 aliphatic rings. The lowest BCUT2D eigenvalue weighted by molar-refractivity contribution is -0.117. The topological polar surface area (TPSA) is 101 Å². The van der Waals surface area contributed by atoms with Crippen LogP contribution < -0.4 is 14.4 Å². The molecule has 0 aliphatic carbocycles. The molecule has 1 amide bonds. The van der Waals surface area contributed by atoms with Gasteiger partial charge in [-0.15, -0.1) is 10.2 Å². The third kappa shape index (κ3) is 5.82. The van der Waals surface area contributed by atoms with Crippen molar-refractivity contribution in [3.8, 4) is 5.75 Å². The number of methoxy groups -OCH3 is 1. The SMILES string of the molecule is CCCSc1nnc(NC(=O)[C@H](CC)N(c2ccc(OC)cc2)S(C)(=O)=O)s1. The van der Waals surface area contributed by atoms with Gasteiger partial charge >= 0.3 is 0 Å². The largest absolute Gasteiger partial charge is 0.497 e. The van der Waals surface area contributed by atoms with Crippen LogP contribution in [0.15, 0.2) is 28.6 Å². The van der Waals surface area contributed by atoms with Crippen molar-refractivity contribution in [3.63, 3.8) is 0 Å². The zero-order valence-electron chi connectivity index (χ0n) is 16.2. The molecule has 2 rings (SSSR count). The Labute approximate surface area is 173 Å². The summed E-state index contributed by atoms with van der Waals surface area (Å²) >= 11 is 2.84. The summed E-state index contributed by atoms with van der Waals surface area (Å²) in [5.41, 5.74) is 0.391. The maximum atomic E-state index is 12.8. The number of aromatic nitrogens is 2. The first-order valence-electron chi connectivity index (χ1n) is 8.70. The van der Waals surface area contributed by atoms with E-state index in [1.165, 1.54) is 18.4 Å². The maximum absolute atomic E-state index is 12.8. The van der Waals surface area contributed by atoms with Crippen LogP contribution in [0.5, 0.6) is 5.75 Å². The monoisotopic (exact) mass is 444 g/mol. The molecular formula is C17H24N4O4S3. The summed E-state index contributed by atoms with van der Waals surface area (Å²) in [5.74, 6) is 1.06. The number of rotatable bonds is 10. The van der Waals surface area contributed by atoms with Gasteiger partial charge in [-0.3, -0.25) is 14.4 Å². The van der Waals surface area contributed by atoms with Crippen LogP contribution in [0.2, 0.25) is 0 Å². The lowest BCUT2D eigenvalue weighted by atomic mass is 10.2. The number of amides is 1. The number of carbonyl (C=O) groups excluding carboxylic acids is 1. The van der Waals surface area contributed by atoms with Crippen LogP contribution in [0.3, 0.4) is 0 Å². The number of hydrogen-bond donors (Lipinski definition) is 1. The second-order valence-electron chi connectivity index (χ2n) is 5.89. The normalized spacial score (nSPS) is 12.4. The van der Waals surface area contributed by atoms with Crippen molar-refractivity contribution >= 4 is 49.8 Å². The van der Waals surface area contributed by atoms with Gasteiger partial charge in [0.05, 0.1) is 19.1 Å². The fourth-order valence-corrected chi connectivity index (χ4v) is 5.38. The van der Waals surface area contributed by atoms with Gasteiger partial charge in [0.2, 0.25) is 21.1 Å². The molecule has 0 saturated heterocycles. The summed E-state index contributed by atoms with van der Waals surface area (Å²) in [6.45, 7) is 3.83. The van der Waals surface area contributed by atoms with E-state index in [4.69, 9.17) is 4.74 Å². The lowest BCUT2D eigenvalue weighted by Crippen LogP contribution is -2.46. The van der Waals surface area contributed by atoms with Crippen LogP contribution in [0, 0.1) is 0 Å². The summed E-state index contributed by atoms with van der Waals surface area (Å²) in [5, 5.41) is 11.1. The Balaban J connectivity index is 2.24. The van der Waals surface area contributed by atoms with Crippen molar-refractivity contribution in [3.05, 3.63) is 24.3 Å². The molecule has 8 nitrogen and oxygen atoms in total. The summed E-state index contributed by atoms with van der Waals surface area (Å²) in [6.07, 6.45) is 2.38. The summed E-state index contributed by atoms with van der Waals surface area (Å²) in [6, 6.07) is 5.61. The van der Waals surface area contributed by atoms with E-state index >= 15 is 0 Å². The fraction of sp³-hybridized carbons (Fsp3) is 0.471. The van der Waals surface area contributed by atoms with E-state index in [-0.39, 0.29) is 0 Å². The average molecular weight is 445 g/mol. The van der Waals surface area contributed by atoms with E-state index in [9.17, 15) is 13.2 Å². The van der Waals surface area contributed by atoms with E-state index in [2.05, 4.69) is 22.4 Å². The molecule has 1 heterocycles. The van der Waals surface area contributed by atoms with Crippen LogP contribution >= 0.6 is 23.1 Å². The first-order valence-corrected chi connectivity index (χ1v) is 12.4. The smallest absolute Gasteiger partial charge is 0.250 e. The molecule has 2 aromatic rings. The Morgan fingerprint density at radius 2 is 1.96 bits per heavy atom. The van der Waals surface area contributed by atoms with Gasteiger partial charge in [0, 0.05) is 5.75 Å². The molecule has 1 aromatic carbocycles. The van der Waals surface area contributed by atoms with Crippen LogP contribution in [0.1, 0.15) is 26.7 Å². The quantitative estimate of drug-likeness (QED) is 0.443. The van der Waals surface area contributed by atoms with Gasteiger partial charge in [-0.05, 0) is 37.1 Å². The second kappa shape index (κ2) is 10.1. The van der Waals surface area contributed by atoms with Crippen molar-refractivity contribution in [1.29, 1.82) is 0 Å². The molecule has 1 aromatic heterocycles. The Morgan fingerprint density at radius 1 is 1.29 bits per heavy atom. The first kappa shape index (κ1) is 22.4. The molecule has 0 aliphatic heterocycles. The second-order valence-corrected chi connectivity index (χ2v) is 10.1. The maximum Gasteiger partial charge on any atom is 0.250 e. The third-order valence-electron chi connectivity index (χ3n) is 3.72. The highest BCUT2D eigenvalue weighted by atomic mass is 32.2. The van der Waals surface area contributed by atoms with Crippen molar-refractivity contribution in [1.82, 2.24) is 10.2 Å². The van der Waals surface area contributed by atoms with Crippen LogP contribution in [0.4, 0.5) is 10.8 Å². The summed E-state index contributed by atoms with van der Waals surface area (Å²) in [7, 11) is -2.17. The third-order valence-corrected chi connectivity index (χ3v) is 7.08. The number of ether oxygens (including phenoxy) is 1. The van der Waals surface area contributed by atoms with Gasteiger partial charge < -0.3 is 4.74 Å². The minimum atomic E-state index is -3.70. The summed E-state index contributed by atoms with van der Waals surface area (Å²) < 4.78 is 31.9. The van der Waals surface area contributed by atoms with Crippen molar-refractivity contribution in [2.75, 3.05) is 28.7 Å². The molecule has 0 bridgehead atoms.